The Balaban J connectivity index is 0.00000243. The normalized spacial score (nSPS) is 15.9. The van der Waals surface area contributed by atoms with Crippen LogP contribution in [0.15, 0.2) is 20.9 Å². The molecule has 0 amide bonds. The molecule has 1 aliphatic heterocycles. The van der Waals surface area contributed by atoms with Gasteiger partial charge >= 0.3 is 5.69 Å². The van der Waals surface area contributed by atoms with E-state index in [4.69, 9.17) is 0 Å². The van der Waals surface area contributed by atoms with E-state index < -0.39 is 17.4 Å². The molecule has 144 valence electrons. The number of aliphatic imine (C=N–C) groups is 1. The van der Waals surface area contributed by atoms with Crippen molar-refractivity contribution in [3.8, 4) is 0 Å². The van der Waals surface area contributed by atoms with Crippen LogP contribution in [0.1, 0.15) is 25.7 Å². The fourth-order valence-corrected chi connectivity index (χ4v) is 3.08. The summed E-state index contributed by atoms with van der Waals surface area (Å²) >= 11 is 0. The van der Waals surface area contributed by atoms with Crippen molar-refractivity contribution in [2.45, 2.75) is 38.3 Å². The lowest BCUT2D eigenvalue weighted by atomic mass is 10.2. The maximum absolute atomic E-state index is 12.4. The number of halogens is 1. The molecule has 3 rings (SSSR count). The third kappa shape index (κ3) is 3.99. The molecule has 0 saturated heterocycles. The minimum absolute atomic E-state index is 0. The number of aliphatic hydroxyl groups excluding tert-OH is 1. The van der Waals surface area contributed by atoms with Crippen LogP contribution in [0.2, 0.25) is 0 Å². The number of aryl methyl sites for hydroxylation is 1. The Morgan fingerprint density at radius 2 is 2.00 bits per heavy atom. The highest BCUT2D eigenvalue weighted by molar-refractivity contribution is 5.85. The number of imidazole rings is 1. The van der Waals surface area contributed by atoms with Crippen LogP contribution in [0, 0.1) is 0 Å². The van der Waals surface area contributed by atoms with Gasteiger partial charge in [0.15, 0.2) is 11.2 Å². The van der Waals surface area contributed by atoms with Gasteiger partial charge in [-0.3, -0.25) is 18.9 Å². The molecule has 1 unspecified atom stereocenters. The van der Waals surface area contributed by atoms with E-state index in [2.05, 4.69) is 15.3 Å². The van der Waals surface area contributed by atoms with Gasteiger partial charge in [0.05, 0.1) is 24.8 Å². The number of rotatable bonds is 4. The van der Waals surface area contributed by atoms with E-state index in [0.717, 1.165) is 36.2 Å². The molecule has 1 aliphatic rings. The van der Waals surface area contributed by atoms with Gasteiger partial charge in [-0.05, 0) is 12.8 Å². The first-order chi connectivity index (χ1) is 12.0. The Bertz CT molecular complexity index is 913. The predicted molar refractivity (Wildman–Crippen MR) is 102 cm³/mol. The smallest absolute Gasteiger partial charge is 0.332 e. The number of hydrogen-bond donors (Lipinski definition) is 2. The van der Waals surface area contributed by atoms with Crippen molar-refractivity contribution in [3.63, 3.8) is 0 Å². The van der Waals surface area contributed by atoms with Crippen LogP contribution in [0.3, 0.4) is 0 Å². The average Bonchev–Trinajstić information content (AvgIpc) is 2.83. The Morgan fingerprint density at radius 3 is 2.77 bits per heavy atom. The van der Waals surface area contributed by atoms with Gasteiger partial charge < -0.3 is 15.0 Å². The maximum Gasteiger partial charge on any atom is 0.332 e. The maximum atomic E-state index is 12.4. The number of aromatic nitrogens is 4. The number of nitrogens with one attached hydrogen (secondary N) is 1. The zero-order chi connectivity index (χ0) is 18.0. The van der Waals surface area contributed by atoms with Crippen LogP contribution in [0.25, 0.3) is 11.2 Å². The second-order valence-corrected chi connectivity index (χ2v) is 6.45. The van der Waals surface area contributed by atoms with E-state index in [1.54, 1.807) is 11.6 Å². The summed E-state index contributed by atoms with van der Waals surface area (Å²) in [6.07, 6.45) is 5.08. The van der Waals surface area contributed by atoms with Gasteiger partial charge in [0.25, 0.3) is 5.56 Å². The predicted octanol–water partition coefficient (Wildman–Crippen LogP) is -0.221. The van der Waals surface area contributed by atoms with E-state index in [1.165, 1.54) is 24.4 Å². The summed E-state index contributed by atoms with van der Waals surface area (Å²) < 4.78 is 3.97. The van der Waals surface area contributed by atoms with E-state index in [0.29, 0.717) is 17.7 Å². The van der Waals surface area contributed by atoms with Crippen LogP contribution in [-0.2, 0) is 20.6 Å². The SMILES string of the molecule is Cl.Cn1c(=O)c2c(ncn2CC(O)CNC2=NCCCCC2)n(C)c1=O. The second kappa shape index (κ2) is 8.50. The molecule has 2 aromatic heterocycles. The molecule has 26 heavy (non-hydrogen) atoms. The first-order valence-electron chi connectivity index (χ1n) is 8.55. The summed E-state index contributed by atoms with van der Waals surface area (Å²) in [5.41, 5.74) is -0.197. The molecule has 2 aromatic rings. The van der Waals surface area contributed by atoms with E-state index >= 15 is 0 Å². The summed E-state index contributed by atoms with van der Waals surface area (Å²) in [7, 11) is 3.01. The Kier molecular flexibility index (Phi) is 6.60. The Morgan fingerprint density at radius 1 is 1.23 bits per heavy atom. The second-order valence-electron chi connectivity index (χ2n) is 6.45. The molecule has 9 nitrogen and oxygen atoms in total. The van der Waals surface area contributed by atoms with Crippen molar-refractivity contribution in [3.05, 3.63) is 27.2 Å². The van der Waals surface area contributed by atoms with Gasteiger partial charge in [-0.15, -0.1) is 12.4 Å². The summed E-state index contributed by atoms with van der Waals surface area (Å²) in [5, 5.41) is 13.5. The van der Waals surface area contributed by atoms with Gasteiger partial charge in [0, 0.05) is 33.6 Å². The number of amidine groups is 1. The monoisotopic (exact) mass is 384 g/mol. The molecule has 0 aliphatic carbocycles. The summed E-state index contributed by atoms with van der Waals surface area (Å²) in [6.45, 7) is 1.39. The first-order valence-corrected chi connectivity index (χ1v) is 8.55. The number of aliphatic hydroxyl groups is 1. The number of nitrogens with zero attached hydrogens (tertiary/aromatic N) is 5. The van der Waals surface area contributed by atoms with Crippen LogP contribution < -0.4 is 16.6 Å². The third-order valence-electron chi connectivity index (χ3n) is 4.54. The van der Waals surface area contributed by atoms with Crippen molar-refractivity contribution in [2.75, 3.05) is 13.1 Å². The highest BCUT2D eigenvalue weighted by Crippen LogP contribution is 2.08. The van der Waals surface area contributed by atoms with Crippen molar-refractivity contribution in [2.24, 2.45) is 19.1 Å². The summed E-state index contributed by atoms with van der Waals surface area (Å²) in [6, 6.07) is 0. The van der Waals surface area contributed by atoms with Gasteiger partial charge in [-0.2, -0.15) is 0 Å². The highest BCUT2D eigenvalue weighted by atomic mass is 35.5. The molecule has 2 N–H and O–H groups in total. The minimum atomic E-state index is -0.703. The lowest BCUT2D eigenvalue weighted by molar-refractivity contribution is 0.158. The van der Waals surface area contributed by atoms with Gasteiger partial charge in [0.1, 0.15) is 0 Å². The molecule has 0 spiro atoms. The van der Waals surface area contributed by atoms with Crippen LogP contribution in [-0.4, -0.2) is 48.8 Å². The Hall–Kier alpha value is -2.13. The fourth-order valence-electron chi connectivity index (χ4n) is 3.08. The molecule has 0 saturated carbocycles. The summed E-state index contributed by atoms with van der Waals surface area (Å²) in [5.74, 6) is 0.936. The molecular formula is C16H25ClN6O3. The van der Waals surface area contributed by atoms with Crippen molar-refractivity contribution >= 4 is 29.4 Å². The molecule has 0 aromatic carbocycles. The van der Waals surface area contributed by atoms with E-state index in [9.17, 15) is 14.7 Å². The van der Waals surface area contributed by atoms with Crippen molar-refractivity contribution in [1.82, 2.24) is 24.0 Å². The molecular weight excluding hydrogens is 360 g/mol. The van der Waals surface area contributed by atoms with Gasteiger partial charge in [-0.25, -0.2) is 9.78 Å². The molecule has 10 heteroatoms. The Labute approximate surface area is 156 Å². The van der Waals surface area contributed by atoms with Crippen LogP contribution >= 0.6 is 12.4 Å². The minimum Gasteiger partial charge on any atom is -0.389 e. The van der Waals surface area contributed by atoms with E-state index in [-0.39, 0.29) is 19.0 Å². The van der Waals surface area contributed by atoms with Crippen LogP contribution in [0.5, 0.6) is 0 Å². The average molecular weight is 385 g/mol. The molecule has 0 bridgehead atoms. The molecule has 3 heterocycles. The lowest BCUT2D eigenvalue weighted by Crippen LogP contribution is -2.38. The lowest BCUT2D eigenvalue weighted by Gasteiger charge is -2.15. The standard InChI is InChI=1S/C16H24N6O3.ClH/c1-20-14-13(15(24)21(2)16(20)25)22(10-19-14)9-11(23)8-18-12-6-4-3-5-7-17-12;/h10-11,23H,3-9H2,1-2H3,(H,17,18);1H. The van der Waals surface area contributed by atoms with Crippen molar-refractivity contribution in [1.29, 1.82) is 0 Å². The number of hydrogen-bond acceptors (Lipinski definition) is 6. The molecule has 0 radical (unpaired) electrons. The molecule has 0 fully saturated rings. The first kappa shape index (κ1) is 20.2. The largest absolute Gasteiger partial charge is 0.389 e. The topological polar surface area (TPSA) is 106 Å². The van der Waals surface area contributed by atoms with Gasteiger partial charge in [-0.1, -0.05) is 6.42 Å². The zero-order valence-electron chi connectivity index (χ0n) is 15.0. The van der Waals surface area contributed by atoms with Gasteiger partial charge in [0.2, 0.25) is 0 Å². The van der Waals surface area contributed by atoms with Crippen molar-refractivity contribution < 1.29 is 5.11 Å². The van der Waals surface area contributed by atoms with Crippen LogP contribution in [0.4, 0.5) is 0 Å². The quantitative estimate of drug-likeness (QED) is 0.757. The fraction of sp³-hybridized carbons (Fsp3) is 0.625. The third-order valence-corrected chi connectivity index (χ3v) is 4.54. The zero-order valence-corrected chi connectivity index (χ0v) is 15.8. The molecule has 1 atom stereocenters. The highest BCUT2D eigenvalue weighted by Gasteiger charge is 2.16. The van der Waals surface area contributed by atoms with E-state index in [1.807, 2.05) is 0 Å². The summed E-state index contributed by atoms with van der Waals surface area (Å²) in [4.78, 5) is 33.0. The number of fused-ring (bicyclic) bond motifs is 1.